The monoisotopic (exact) mass is 372 g/mol. The molecule has 0 unspecified atom stereocenters. The summed E-state index contributed by atoms with van der Waals surface area (Å²) in [5.74, 6) is 1.30. The first kappa shape index (κ1) is 17.9. The summed E-state index contributed by atoms with van der Waals surface area (Å²) in [6.07, 6.45) is 3.77. The van der Waals surface area contributed by atoms with Crippen molar-refractivity contribution in [3.05, 3.63) is 35.6 Å². The molecule has 0 spiro atoms. The van der Waals surface area contributed by atoms with Gasteiger partial charge in [-0.1, -0.05) is 6.58 Å². The normalized spacial score (nSPS) is 28.1. The number of methoxy groups -OCH3 is 1. The van der Waals surface area contributed by atoms with E-state index in [2.05, 4.69) is 6.58 Å². The minimum atomic E-state index is -0.903. The summed E-state index contributed by atoms with van der Waals surface area (Å²) in [6, 6.07) is 1.76. The molecule has 1 aromatic carbocycles. The Hall–Kier alpha value is -2.47. The van der Waals surface area contributed by atoms with Gasteiger partial charge in [-0.25, -0.2) is 4.79 Å². The van der Waals surface area contributed by atoms with Crippen molar-refractivity contribution in [2.75, 3.05) is 13.7 Å². The van der Waals surface area contributed by atoms with Crippen molar-refractivity contribution in [3.63, 3.8) is 0 Å². The number of carbonyl (C=O) groups is 1. The first-order valence-electron chi connectivity index (χ1n) is 9.27. The summed E-state index contributed by atoms with van der Waals surface area (Å²) in [4.78, 5) is 12.1. The zero-order valence-corrected chi connectivity index (χ0v) is 15.8. The van der Waals surface area contributed by atoms with Gasteiger partial charge in [-0.3, -0.25) is 0 Å². The average Bonchev–Trinajstić information content (AvgIpc) is 2.99. The van der Waals surface area contributed by atoms with Crippen molar-refractivity contribution >= 4 is 11.5 Å². The predicted octanol–water partition coefficient (Wildman–Crippen LogP) is 3.33. The van der Waals surface area contributed by atoms with Crippen molar-refractivity contribution in [1.29, 1.82) is 0 Å². The molecule has 0 bridgehead atoms. The van der Waals surface area contributed by atoms with Crippen LogP contribution in [0.5, 0.6) is 17.2 Å². The molecule has 0 amide bonds. The highest BCUT2D eigenvalue weighted by Gasteiger charge is 2.50. The van der Waals surface area contributed by atoms with Crippen LogP contribution in [0.3, 0.4) is 0 Å². The van der Waals surface area contributed by atoms with Crippen molar-refractivity contribution in [3.8, 4) is 17.2 Å². The second-order valence-electron chi connectivity index (χ2n) is 7.45. The molecule has 27 heavy (non-hydrogen) atoms. The number of rotatable bonds is 3. The predicted molar refractivity (Wildman–Crippen MR) is 99.0 cm³/mol. The minimum absolute atomic E-state index is 0.0484. The Morgan fingerprint density at radius 3 is 2.93 bits per heavy atom. The molecule has 4 rings (SSSR count). The minimum Gasteiger partial charge on any atom is -0.496 e. The summed E-state index contributed by atoms with van der Waals surface area (Å²) < 4.78 is 22.7. The van der Waals surface area contributed by atoms with Crippen molar-refractivity contribution in [1.82, 2.24) is 0 Å². The third-order valence-electron chi connectivity index (χ3n) is 5.57. The van der Waals surface area contributed by atoms with Crippen LogP contribution in [0.2, 0.25) is 0 Å². The number of esters is 1. The van der Waals surface area contributed by atoms with Crippen LogP contribution in [-0.2, 0) is 9.53 Å². The number of ether oxygens (including phenoxy) is 4. The lowest BCUT2D eigenvalue weighted by atomic mass is 9.74. The van der Waals surface area contributed by atoms with E-state index in [0.717, 1.165) is 18.4 Å². The molecule has 0 saturated heterocycles. The highest BCUT2D eigenvalue weighted by Crippen LogP contribution is 2.56. The number of benzene rings is 1. The number of allylic oxidation sites excluding steroid dienone is 2. The molecule has 144 valence electrons. The Morgan fingerprint density at radius 1 is 1.44 bits per heavy atom. The van der Waals surface area contributed by atoms with E-state index in [-0.39, 0.29) is 24.4 Å². The Morgan fingerprint density at radius 2 is 2.22 bits per heavy atom. The molecule has 1 N–H and O–H groups in total. The van der Waals surface area contributed by atoms with Gasteiger partial charge < -0.3 is 24.1 Å². The first-order valence-corrected chi connectivity index (χ1v) is 9.27. The van der Waals surface area contributed by atoms with E-state index < -0.39 is 11.6 Å². The number of hydrogen-bond donors (Lipinski definition) is 1. The molecule has 3 atom stereocenters. The van der Waals surface area contributed by atoms with Gasteiger partial charge in [0.2, 0.25) is 5.76 Å². The zero-order chi connectivity index (χ0) is 19.3. The van der Waals surface area contributed by atoms with Crippen LogP contribution in [0.4, 0.5) is 0 Å². The van der Waals surface area contributed by atoms with Crippen LogP contribution in [0.15, 0.2) is 24.5 Å². The highest BCUT2D eigenvalue weighted by atomic mass is 16.6. The van der Waals surface area contributed by atoms with E-state index >= 15 is 0 Å². The van der Waals surface area contributed by atoms with Gasteiger partial charge in [-0.2, -0.15) is 0 Å². The van der Waals surface area contributed by atoms with Crippen molar-refractivity contribution in [2.45, 2.75) is 50.7 Å². The standard InChI is InChI=1S/C21H24O6/c1-5-25-20(22)15-9-11(2)16-13(26-15)10-14-17(18(16)24-4)12-7-6-8-21(3,23)19(12)27-14/h9-10,12,19,23H,2,5-8H2,1,3-4H3/t12-,19+,21-/m1/s1. The van der Waals surface area contributed by atoms with Gasteiger partial charge in [0.25, 0.3) is 0 Å². The Bertz CT molecular complexity index is 851. The maximum Gasteiger partial charge on any atom is 0.374 e. The van der Waals surface area contributed by atoms with Gasteiger partial charge in [-0.05, 0) is 44.8 Å². The van der Waals surface area contributed by atoms with Crippen LogP contribution in [0.25, 0.3) is 5.57 Å². The molecule has 6 nitrogen and oxygen atoms in total. The molecular weight excluding hydrogens is 348 g/mol. The molecule has 2 aliphatic heterocycles. The summed E-state index contributed by atoms with van der Waals surface area (Å²) >= 11 is 0. The maximum absolute atomic E-state index is 12.1. The summed E-state index contributed by atoms with van der Waals surface area (Å²) in [5.41, 5.74) is 1.36. The van der Waals surface area contributed by atoms with Crippen LogP contribution in [0, 0.1) is 0 Å². The maximum atomic E-state index is 12.1. The summed E-state index contributed by atoms with van der Waals surface area (Å²) in [6.45, 7) is 7.89. The summed E-state index contributed by atoms with van der Waals surface area (Å²) in [5, 5.41) is 10.8. The Labute approximate surface area is 158 Å². The molecule has 1 saturated carbocycles. The van der Waals surface area contributed by atoms with Gasteiger partial charge >= 0.3 is 5.97 Å². The van der Waals surface area contributed by atoms with E-state index in [1.807, 2.05) is 6.92 Å². The average molecular weight is 372 g/mol. The van der Waals surface area contributed by atoms with E-state index in [4.69, 9.17) is 18.9 Å². The number of hydrogen-bond acceptors (Lipinski definition) is 6. The fourth-order valence-electron chi connectivity index (χ4n) is 4.40. The fraction of sp³-hybridized carbons (Fsp3) is 0.476. The fourth-order valence-corrected chi connectivity index (χ4v) is 4.40. The molecule has 1 aliphatic carbocycles. The Balaban J connectivity index is 1.80. The number of carbonyl (C=O) groups excluding carboxylic acids is 1. The van der Waals surface area contributed by atoms with Crippen LogP contribution in [0.1, 0.15) is 50.2 Å². The number of aliphatic hydroxyl groups is 1. The SMILES string of the molecule is C=C1C=C(C(=O)OCC)Oc2cc3c(c(OC)c21)[C@H]1CCC[C@@](C)(O)[C@H]1O3. The van der Waals surface area contributed by atoms with E-state index in [9.17, 15) is 9.90 Å². The van der Waals surface area contributed by atoms with E-state index in [0.29, 0.717) is 34.8 Å². The second kappa shape index (κ2) is 6.30. The molecular formula is C21H24O6. The molecule has 1 aromatic rings. The van der Waals surface area contributed by atoms with Crippen molar-refractivity contribution in [2.24, 2.45) is 0 Å². The Kier molecular flexibility index (Phi) is 4.18. The van der Waals surface area contributed by atoms with Crippen LogP contribution < -0.4 is 14.2 Å². The lowest BCUT2D eigenvalue weighted by Gasteiger charge is -2.37. The third-order valence-corrected chi connectivity index (χ3v) is 5.57. The molecule has 3 aliphatic rings. The van der Waals surface area contributed by atoms with E-state index in [1.165, 1.54) is 0 Å². The smallest absolute Gasteiger partial charge is 0.374 e. The second-order valence-corrected chi connectivity index (χ2v) is 7.45. The highest BCUT2D eigenvalue weighted by molar-refractivity contribution is 5.95. The summed E-state index contributed by atoms with van der Waals surface area (Å²) in [7, 11) is 1.60. The van der Waals surface area contributed by atoms with Gasteiger partial charge in [0.15, 0.2) is 0 Å². The van der Waals surface area contributed by atoms with Gasteiger partial charge in [0.05, 0.1) is 24.9 Å². The number of fused-ring (bicyclic) bond motifs is 4. The quantitative estimate of drug-likeness (QED) is 0.821. The van der Waals surface area contributed by atoms with Crippen LogP contribution >= 0.6 is 0 Å². The first-order chi connectivity index (χ1) is 12.9. The van der Waals surface area contributed by atoms with Gasteiger partial charge in [-0.15, -0.1) is 0 Å². The topological polar surface area (TPSA) is 74.2 Å². The molecule has 6 heteroatoms. The molecule has 2 heterocycles. The van der Waals surface area contributed by atoms with Gasteiger partial charge in [0.1, 0.15) is 23.4 Å². The third kappa shape index (κ3) is 2.70. The molecule has 0 radical (unpaired) electrons. The lowest BCUT2D eigenvalue weighted by molar-refractivity contribution is -0.141. The zero-order valence-electron chi connectivity index (χ0n) is 15.8. The lowest BCUT2D eigenvalue weighted by Crippen LogP contribution is -2.47. The van der Waals surface area contributed by atoms with Crippen LogP contribution in [-0.4, -0.2) is 36.5 Å². The largest absolute Gasteiger partial charge is 0.496 e. The molecule has 1 fully saturated rings. The molecule has 0 aromatic heterocycles. The van der Waals surface area contributed by atoms with Gasteiger partial charge in [0, 0.05) is 17.5 Å². The van der Waals surface area contributed by atoms with E-state index in [1.54, 1.807) is 26.2 Å². The van der Waals surface area contributed by atoms with Crippen molar-refractivity contribution < 1.29 is 28.8 Å².